The van der Waals surface area contributed by atoms with Crippen molar-refractivity contribution in [3.05, 3.63) is 0 Å². The van der Waals surface area contributed by atoms with Crippen LogP contribution in [0.3, 0.4) is 0 Å². The molecule has 0 aliphatic carbocycles. The molecule has 1 unspecified atom stereocenters. The number of guanidine groups is 1. The van der Waals surface area contributed by atoms with Gasteiger partial charge in [-0.3, -0.25) is 4.99 Å². The summed E-state index contributed by atoms with van der Waals surface area (Å²) in [5.74, 6) is 1.44. The molecule has 0 radical (unpaired) electrons. The van der Waals surface area contributed by atoms with Gasteiger partial charge in [-0.2, -0.15) is 0 Å². The van der Waals surface area contributed by atoms with Crippen LogP contribution in [0.4, 0.5) is 0 Å². The molecule has 1 aliphatic rings. The molecule has 0 bridgehead atoms. The van der Waals surface area contributed by atoms with E-state index in [1.807, 2.05) is 0 Å². The van der Waals surface area contributed by atoms with Crippen molar-refractivity contribution in [2.24, 2.45) is 16.6 Å². The van der Waals surface area contributed by atoms with Gasteiger partial charge in [0.05, 0.1) is 0 Å². The SMILES string of the molecule is CCCN=C(N)NCCN1CCCC(C)C1. The van der Waals surface area contributed by atoms with Crippen molar-refractivity contribution in [3.8, 4) is 0 Å². The van der Waals surface area contributed by atoms with Gasteiger partial charge in [0, 0.05) is 26.2 Å². The van der Waals surface area contributed by atoms with E-state index in [2.05, 4.69) is 29.1 Å². The lowest BCUT2D eigenvalue weighted by molar-refractivity contribution is 0.187. The van der Waals surface area contributed by atoms with Crippen molar-refractivity contribution in [3.63, 3.8) is 0 Å². The van der Waals surface area contributed by atoms with E-state index in [1.165, 1.54) is 25.9 Å². The molecular weight excluding hydrogens is 200 g/mol. The van der Waals surface area contributed by atoms with Gasteiger partial charge in [-0.25, -0.2) is 0 Å². The first-order chi connectivity index (χ1) is 7.72. The third-order valence-electron chi connectivity index (χ3n) is 2.98. The largest absolute Gasteiger partial charge is 0.370 e. The maximum atomic E-state index is 5.72. The first-order valence-electron chi connectivity index (χ1n) is 6.48. The van der Waals surface area contributed by atoms with Crippen LogP contribution < -0.4 is 11.1 Å². The predicted molar refractivity (Wildman–Crippen MR) is 69.6 cm³/mol. The van der Waals surface area contributed by atoms with Crippen LogP contribution in [0.5, 0.6) is 0 Å². The summed E-state index contributed by atoms with van der Waals surface area (Å²) in [6, 6.07) is 0. The van der Waals surface area contributed by atoms with Crippen molar-refractivity contribution in [1.82, 2.24) is 10.2 Å². The summed E-state index contributed by atoms with van der Waals surface area (Å²) >= 11 is 0. The van der Waals surface area contributed by atoms with E-state index in [4.69, 9.17) is 5.73 Å². The molecule has 1 heterocycles. The number of rotatable bonds is 5. The van der Waals surface area contributed by atoms with Gasteiger partial charge in [0.2, 0.25) is 0 Å². The Morgan fingerprint density at radius 2 is 2.38 bits per heavy atom. The average Bonchev–Trinajstić information content (AvgIpc) is 2.26. The monoisotopic (exact) mass is 226 g/mol. The Kier molecular flexibility index (Phi) is 6.23. The topological polar surface area (TPSA) is 53.6 Å². The molecule has 0 aromatic rings. The van der Waals surface area contributed by atoms with E-state index in [9.17, 15) is 0 Å². The molecule has 1 atom stereocenters. The van der Waals surface area contributed by atoms with E-state index < -0.39 is 0 Å². The van der Waals surface area contributed by atoms with Crippen LogP contribution in [0.25, 0.3) is 0 Å². The third kappa shape index (κ3) is 5.35. The molecule has 0 spiro atoms. The lowest BCUT2D eigenvalue weighted by Gasteiger charge is -2.30. The van der Waals surface area contributed by atoms with Crippen LogP contribution >= 0.6 is 0 Å². The lowest BCUT2D eigenvalue weighted by atomic mass is 10.0. The van der Waals surface area contributed by atoms with Crippen molar-refractivity contribution < 1.29 is 0 Å². The molecule has 16 heavy (non-hydrogen) atoms. The van der Waals surface area contributed by atoms with Gasteiger partial charge in [0.15, 0.2) is 5.96 Å². The minimum absolute atomic E-state index is 0.590. The van der Waals surface area contributed by atoms with E-state index in [0.717, 1.165) is 32.0 Å². The van der Waals surface area contributed by atoms with Crippen LogP contribution in [0, 0.1) is 5.92 Å². The summed E-state index contributed by atoms with van der Waals surface area (Å²) in [4.78, 5) is 6.71. The van der Waals surface area contributed by atoms with Crippen molar-refractivity contribution in [2.75, 3.05) is 32.7 Å². The second-order valence-corrected chi connectivity index (χ2v) is 4.74. The summed E-state index contributed by atoms with van der Waals surface area (Å²) in [6.45, 7) is 9.70. The minimum Gasteiger partial charge on any atom is -0.370 e. The quantitative estimate of drug-likeness (QED) is 0.544. The summed E-state index contributed by atoms with van der Waals surface area (Å²) in [6.07, 6.45) is 3.76. The lowest BCUT2D eigenvalue weighted by Crippen LogP contribution is -2.42. The van der Waals surface area contributed by atoms with Gasteiger partial charge < -0.3 is 16.0 Å². The number of hydrogen-bond acceptors (Lipinski definition) is 2. The van der Waals surface area contributed by atoms with E-state index >= 15 is 0 Å². The normalized spacial score (nSPS) is 23.4. The molecule has 0 amide bonds. The molecule has 0 aromatic heterocycles. The Bertz CT molecular complexity index is 215. The van der Waals surface area contributed by atoms with Crippen LogP contribution in [0.15, 0.2) is 4.99 Å². The number of likely N-dealkylation sites (tertiary alicyclic amines) is 1. The number of nitrogens with zero attached hydrogens (tertiary/aromatic N) is 2. The van der Waals surface area contributed by atoms with E-state index in [-0.39, 0.29) is 0 Å². The minimum atomic E-state index is 0.590. The molecule has 1 rings (SSSR count). The number of hydrogen-bond donors (Lipinski definition) is 2. The molecule has 1 aliphatic heterocycles. The van der Waals surface area contributed by atoms with Gasteiger partial charge in [-0.05, 0) is 31.7 Å². The molecule has 4 heteroatoms. The highest BCUT2D eigenvalue weighted by Gasteiger charge is 2.15. The van der Waals surface area contributed by atoms with E-state index in [0.29, 0.717) is 5.96 Å². The second kappa shape index (κ2) is 7.49. The molecule has 1 saturated heterocycles. The predicted octanol–water partition coefficient (Wildman–Crippen LogP) is 1.03. The Morgan fingerprint density at radius 3 is 3.06 bits per heavy atom. The smallest absolute Gasteiger partial charge is 0.188 e. The summed E-state index contributed by atoms with van der Waals surface area (Å²) in [5.41, 5.74) is 5.72. The Balaban J connectivity index is 2.10. The zero-order valence-corrected chi connectivity index (χ0v) is 10.7. The average molecular weight is 226 g/mol. The number of nitrogens with one attached hydrogen (secondary N) is 1. The molecule has 94 valence electrons. The van der Waals surface area contributed by atoms with Crippen molar-refractivity contribution in [2.45, 2.75) is 33.1 Å². The van der Waals surface area contributed by atoms with Crippen molar-refractivity contribution in [1.29, 1.82) is 0 Å². The van der Waals surface area contributed by atoms with Crippen molar-refractivity contribution >= 4 is 5.96 Å². The fourth-order valence-electron chi connectivity index (χ4n) is 2.12. The second-order valence-electron chi connectivity index (χ2n) is 4.74. The van der Waals surface area contributed by atoms with Crippen LogP contribution in [0.2, 0.25) is 0 Å². The highest BCUT2D eigenvalue weighted by Crippen LogP contribution is 2.14. The molecule has 1 fully saturated rings. The highest BCUT2D eigenvalue weighted by molar-refractivity contribution is 5.77. The van der Waals surface area contributed by atoms with Gasteiger partial charge >= 0.3 is 0 Å². The Morgan fingerprint density at radius 1 is 1.56 bits per heavy atom. The van der Waals surface area contributed by atoms with Gasteiger partial charge in [-0.15, -0.1) is 0 Å². The summed E-state index contributed by atoms with van der Waals surface area (Å²) < 4.78 is 0. The fraction of sp³-hybridized carbons (Fsp3) is 0.917. The number of aliphatic imine (C=N–C) groups is 1. The molecule has 0 aromatic carbocycles. The van der Waals surface area contributed by atoms with Gasteiger partial charge in [-0.1, -0.05) is 13.8 Å². The molecule has 3 N–H and O–H groups in total. The third-order valence-corrected chi connectivity index (χ3v) is 2.98. The summed E-state index contributed by atoms with van der Waals surface area (Å²) in [5, 5.41) is 3.17. The van der Waals surface area contributed by atoms with Gasteiger partial charge in [0.25, 0.3) is 0 Å². The Hall–Kier alpha value is -0.770. The number of nitrogens with two attached hydrogens (primary N) is 1. The first kappa shape index (κ1) is 13.3. The van der Waals surface area contributed by atoms with Crippen LogP contribution in [-0.2, 0) is 0 Å². The first-order valence-corrected chi connectivity index (χ1v) is 6.48. The zero-order valence-electron chi connectivity index (χ0n) is 10.7. The summed E-state index contributed by atoms with van der Waals surface area (Å²) in [7, 11) is 0. The maximum absolute atomic E-state index is 5.72. The zero-order chi connectivity index (χ0) is 11.8. The van der Waals surface area contributed by atoms with Gasteiger partial charge in [0.1, 0.15) is 0 Å². The number of piperidine rings is 1. The molecule has 0 saturated carbocycles. The van der Waals surface area contributed by atoms with E-state index in [1.54, 1.807) is 0 Å². The molecular formula is C12H26N4. The van der Waals surface area contributed by atoms with Crippen LogP contribution in [0.1, 0.15) is 33.1 Å². The molecule has 4 nitrogen and oxygen atoms in total. The fourth-order valence-corrected chi connectivity index (χ4v) is 2.12. The Labute approximate surface area is 99.3 Å². The highest BCUT2D eigenvalue weighted by atomic mass is 15.2. The maximum Gasteiger partial charge on any atom is 0.188 e. The standard InChI is InChI=1S/C12H26N4/c1-3-6-14-12(13)15-7-9-16-8-4-5-11(2)10-16/h11H,3-10H2,1-2H3,(H3,13,14,15). The van der Waals surface area contributed by atoms with Crippen LogP contribution in [-0.4, -0.2) is 43.6 Å².